The third-order valence-electron chi connectivity index (χ3n) is 2.65. The highest BCUT2D eigenvalue weighted by atomic mass is 16.5. The van der Waals surface area contributed by atoms with Crippen molar-refractivity contribution in [3.8, 4) is 0 Å². The van der Waals surface area contributed by atoms with Crippen LogP contribution in [0.3, 0.4) is 0 Å². The molecule has 0 amide bonds. The van der Waals surface area contributed by atoms with Crippen molar-refractivity contribution in [1.29, 1.82) is 0 Å². The van der Waals surface area contributed by atoms with Gasteiger partial charge in [0.25, 0.3) is 0 Å². The lowest BCUT2D eigenvalue weighted by Gasteiger charge is -2.23. The summed E-state index contributed by atoms with van der Waals surface area (Å²) in [6, 6.07) is 0.586. The molecule has 88 valence electrons. The van der Waals surface area contributed by atoms with Gasteiger partial charge in [0.2, 0.25) is 0 Å². The maximum Gasteiger partial charge on any atom is 0.320 e. The Bertz CT molecular complexity index is 205. The lowest BCUT2D eigenvalue weighted by Crippen LogP contribution is -2.37. The van der Waals surface area contributed by atoms with Gasteiger partial charge in [-0.05, 0) is 32.2 Å². The fraction of sp³-hybridized carbons (Fsp3) is 0.909. The van der Waals surface area contributed by atoms with E-state index in [-0.39, 0.29) is 5.97 Å². The van der Waals surface area contributed by atoms with Crippen molar-refractivity contribution in [2.24, 2.45) is 11.7 Å². The molecule has 0 heterocycles. The molecule has 0 saturated heterocycles. The van der Waals surface area contributed by atoms with E-state index >= 15 is 0 Å². The summed E-state index contributed by atoms with van der Waals surface area (Å²) >= 11 is 0. The van der Waals surface area contributed by atoms with Gasteiger partial charge in [0.1, 0.15) is 0 Å². The van der Waals surface area contributed by atoms with Gasteiger partial charge in [-0.1, -0.05) is 6.92 Å². The molecule has 1 atom stereocenters. The zero-order chi connectivity index (χ0) is 11.3. The third kappa shape index (κ3) is 4.62. The number of carbonyl (C=O) groups excluding carboxylic acids is 1. The monoisotopic (exact) mass is 214 g/mol. The molecule has 0 bridgehead atoms. The van der Waals surface area contributed by atoms with Gasteiger partial charge in [-0.25, -0.2) is 0 Å². The van der Waals surface area contributed by atoms with Crippen LogP contribution in [-0.2, 0) is 9.53 Å². The highest BCUT2D eigenvalue weighted by molar-refractivity contribution is 5.71. The smallest absolute Gasteiger partial charge is 0.320 e. The topological polar surface area (TPSA) is 55.6 Å². The van der Waals surface area contributed by atoms with Crippen LogP contribution >= 0.6 is 0 Å². The van der Waals surface area contributed by atoms with Gasteiger partial charge in [0, 0.05) is 12.6 Å². The van der Waals surface area contributed by atoms with Crippen LogP contribution in [0.15, 0.2) is 0 Å². The second kappa shape index (κ2) is 6.08. The standard InChI is InChI=1S/C11H22N2O2/c1-3-15-11(14)8-13(10-4-5-10)7-9(2)6-12/h9-10H,3-8,12H2,1-2H3. The van der Waals surface area contributed by atoms with Crippen LogP contribution in [-0.4, -0.2) is 43.2 Å². The highest BCUT2D eigenvalue weighted by Gasteiger charge is 2.31. The first-order valence-corrected chi connectivity index (χ1v) is 5.77. The molecule has 1 saturated carbocycles. The minimum absolute atomic E-state index is 0.117. The number of hydrogen-bond acceptors (Lipinski definition) is 4. The van der Waals surface area contributed by atoms with E-state index in [0.717, 1.165) is 6.54 Å². The average molecular weight is 214 g/mol. The number of nitrogens with zero attached hydrogens (tertiary/aromatic N) is 1. The summed E-state index contributed by atoms with van der Waals surface area (Å²) in [5.74, 6) is 0.327. The first-order valence-electron chi connectivity index (χ1n) is 5.77. The van der Waals surface area contributed by atoms with E-state index in [9.17, 15) is 4.79 Å². The molecule has 4 heteroatoms. The van der Waals surface area contributed by atoms with E-state index in [1.54, 1.807) is 0 Å². The van der Waals surface area contributed by atoms with Gasteiger partial charge in [-0.2, -0.15) is 0 Å². The maximum absolute atomic E-state index is 11.4. The van der Waals surface area contributed by atoms with Gasteiger partial charge in [0.15, 0.2) is 0 Å². The summed E-state index contributed by atoms with van der Waals surface area (Å²) in [5, 5.41) is 0. The fourth-order valence-corrected chi connectivity index (χ4v) is 1.63. The molecule has 0 aromatic carbocycles. The Labute approximate surface area is 91.8 Å². The Hall–Kier alpha value is -0.610. The van der Waals surface area contributed by atoms with E-state index in [0.29, 0.717) is 31.7 Å². The van der Waals surface area contributed by atoms with E-state index in [1.807, 2.05) is 6.92 Å². The molecular formula is C11H22N2O2. The molecule has 15 heavy (non-hydrogen) atoms. The van der Waals surface area contributed by atoms with Crippen molar-refractivity contribution < 1.29 is 9.53 Å². The summed E-state index contributed by atoms with van der Waals surface area (Å²) in [7, 11) is 0. The Morgan fingerprint density at radius 1 is 1.60 bits per heavy atom. The van der Waals surface area contributed by atoms with Crippen LogP contribution in [0, 0.1) is 5.92 Å². The molecule has 2 N–H and O–H groups in total. The van der Waals surface area contributed by atoms with Gasteiger partial charge < -0.3 is 10.5 Å². The van der Waals surface area contributed by atoms with Crippen molar-refractivity contribution in [3.63, 3.8) is 0 Å². The van der Waals surface area contributed by atoms with Gasteiger partial charge in [-0.3, -0.25) is 9.69 Å². The number of carbonyl (C=O) groups is 1. The molecule has 0 radical (unpaired) electrons. The van der Waals surface area contributed by atoms with Gasteiger partial charge in [0.05, 0.1) is 13.2 Å². The largest absolute Gasteiger partial charge is 0.465 e. The molecule has 1 aliphatic rings. The zero-order valence-corrected chi connectivity index (χ0v) is 9.74. The Morgan fingerprint density at radius 2 is 2.27 bits per heavy atom. The van der Waals surface area contributed by atoms with Crippen LogP contribution in [0.25, 0.3) is 0 Å². The van der Waals surface area contributed by atoms with Crippen molar-refractivity contribution >= 4 is 5.97 Å². The maximum atomic E-state index is 11.4. The van der Waals surface area contributed by atoms with Gasteiger partial charge in [-0.15, -0.1) is 0 Å². The molecule has 1 aliphatic carbocycles. The van der Waals surface area contributed by atoms with E-state index in [4.69, 9.17) is 10.5 Å². The first-order chi connectivity index (χ1) is 7.17. The van der Waals surface area contributed by atoms with Crippen molar-refractivity contribution in [3.05, 3.63) is 0 Å². The summed E-state index contributed by atoms with van der Waals surface area (Å²) in [5.41, 5.74) is 5.59. The zero-order valence-electron chi connectivity index (χ0n) is 9.74. The molecule has 1 unspecified atom stereocenters. The average Bonchev–Trinajstić information content (AvgIpc) is 3.00. The predicted octanol–water partition coefficient (Wildman–Crippen LogP) is 0.609. The van der Waals surface area contributed by atoms with Crippen LogP contribution in [0.2, 0.25) is 0 Å². The van der Waals surface area contributed by atoms with Crippen LogP contribution < -0.4 is 5.73 Å². The molecule has 0 aliphatic heterocycles. The van der Waals surface area contributed by atoms with Crippen molar-refractivity contribution in [1.82, 2.24) is 4.90 Å². The van der Waals surface area contributed by atoms with Crippen LogP contribution in [0.4, 0.5) is 0 Å². The summed E-state index contributed by atoms with van der Waals surface area (Å²) in [6.45, 7) is 6.40. The van der Waals surface area contributed by atoms with Crippen molar-refractivity contribution in [2.45, 2.75) is 32.7 Å². The van der Waals surface area contributed by atoms with Crippen LogP contribution in [0.5, 0.6) is 0 Å². The first kappa shape index (κ1) is 12.5. The Morgan fingerprint density at radius 3 is 2.73 bits per heavy atom. The molecule has 0 aromatic heterocycles. The normalized spacial score (nSPS) is 17.9. The second-order valence-electron chi connectivity index (χ2n) is 4.31. The molecule has 1 rings (SSSR count). The van der Waals surface area contributed by atoms with Gasteiger partial charge >= 0.3 is 5.97 Å². The molecule has 0 spiro atoms. The minimum atomic E-state index is -0.117. The fourth-order valence-electron chi connectivity index (χ4n) is 1.63. The summed E-state index contributed by atoms with van der Waals surface area (Å²) in [4.78, 5) is 13.6. The molecule has 1 fully saturated rings. The highest BCUT2D eigenvalue weighted by Crippen LogP contribution is 2.27. The summed E-state index contributed by atoms with van der Waals surface area (Å²) in [6.07, 6.45) is 2.41. The Kier molecular flexibility index (Phi) is 5.05. The quantitative estimate of drug-likeness (QED) is 0.631. The SMILES string of the molecule is CCOC(=O)CN(CC(C)CN)C1CC1. The van der Waals surface area contributed by atoms with E-state index in [1.165, 1.54) is 12.8 Å². The lowest BCUT2D eigenvalue weighted by atomic mass is 10.1. The predicted molar refractivity (Wildman–Crippen MR) is 59.4 cm³/mol. The van der Waals surface area contributed by atoms with E-state index in [2.05, 4.69) is 11.8 Å². The lowest BCUT2D eigenvalue weighted by molar-refractivity contribution is -0.144. The minimum Gasteiger partial charge on any atom is -0.465 e. The second-order valence-corrected chi connectivity index (χ2v) is 4.31. The number of nitrogens with two attached hydrogens (primary N) is 1. The summed E-state index contributed by atoms with van der Waals surface area (Å²) < 4.78 is 4.95. The van der Waals surface area contributed by atoms with E-state index < -0.39 is 0 Å². The number of ether oxygens (including phenoxy) is 1. The van der Waals surface area contributed by atoms with Crippen molar-refractivity contribution in [2.75, 3.05) is 26.2 Å². The number of esters is 1. The molecule has 4 nitrogen and oxygen atoms in total. The third-order valence-corrected chi connectivity index (χ3v) is 2.65. The number of hydrogen-bond donors (Lipinski definition) is 1. The van der Waals surface area contributed by atoms with Crippen LogP contribution in [0.1, 0.15) is 26.7 Å². The molecular weight excluding hydrogens is 192 g/mol. The molecule has 0 aromatic rings. The number of rotatable bonds is 7. The Balaban J connectivity index is 2.33.